The van der Waals surface area contributed by atoms with Crippen LogP contribution >= 0.6 is 11.8 Å². The largest absolute Gasteiger partial charge is 0.368 e. The van der Waals surface area contributed by atoms with Crippen LogP contribution in [-0.2, 0) is 0 Å². The molecule has 0 unspecified atom stereocenters. The summed E-state index contributed by atoms with van der Waals surface area (Å²) in [5.74, 6) is 1.17. The van der Waals surface area contributed by atoms with Crippen molar-refractivity contribution in [2.45, 2.75) is 12.1 Å². The van der Waals surface area contributed by atoms with Crippen LogP contribution in [0, 0.1) is 6.92 Å². The van der Waals surface area contributed by atoms with Gasteiger partial charge >= 0.3 is 0 Å². The molecule has 0 saturated heterocycles. The number of aromatic nitrogens is 6. The first kappa shape index (κ1) is 11.8. The maximum absolute atomic E-state index is 5.82. The minimum atomic E-state index is 0.264. The van der Waals surface area contributed by atoms with Gasteiger partial charge in [-0.1, -0.05) is 17.8 Å². The van der Waals surface area contributed by atoms with Crippen molar-refractivity contribution in [3.8, 4) is 11.5 Å². The molecule has 0 fully saturated rings. The molecule has 3 heterocycles. The molecule has 0 aliphatic heterocycles. The van der Waals surface area contributed by atoms with Gasteiger partial charge in [0.25, 0.3) is 5.78 Å². The molecular weight excluding hydrogens is 262 g/mol. The summed E-state index contributed by atoms with van der Waals surface area (Å²) in [4.78, 5) is 17.0. The van der Waals surface area contributed by atoms with Gasteiger partial charge < -0.3 is 5.73 Å². The van der Waals surface area contributed by atoms with Crippen LogP contribution in [0.4, 0.5) is 5.95 Å². The summed E-state index contributed by atoms with van der Waals surface area (Å²) in [5.41, 5.74) is 7.59. The van der Waals surface area contributed by atoms with E-state index in [9.17, 15) is 0 Å². The van der Waals surface area contributed by atoms with Crippen LogP contribution < -0.4 is 5.73 Å². The van der Waals surface area contributed by atoms with Gasteiger partial charge in [-0.2, -0.15) is 19.5 Å². The van der Waals surface area contributed by atoms with E-state index in [1.165, 1.54) is 16.3 Å². The zero-order chi connectivity index (χ0) is 13.4. The van der Waals surface area contributed by atoms with E-state index in [0.717, 1.165) is 5.56 Å². The van der Waals surface area contributed by atoms with Gasteiger partial charge in [0.2, 0.25) is 11.8 Å². The Hall–Kier alpha value is -2.22. The van der Waals surface area contributed by atoms with E-state index < -0.39 is 0 Å². The van der Waals surface area contributed by atoms with Crippen LogP contribution in [0.1, 0.15) is 5.56 Å². The summed E-state index contributed by atoms with van der Waals surface area (Å²) in [6, 6.07) is 3.82. The van der Waals surface area contributed by atoms with Crippen LogP contribution in [-0.4, -0.2) is 35.8 Å². The highest BCUT2D eigenvalue weighted by Crippen LogP contribution is 2.16. The number of aryl methyl sites for hydroxylation is 1. The number of nitrogens with two attached hydrogens (primary N) is 1. The summed E-state index contributed by atoms with van der Waals surface area (Å²) in [6.45, 7) is 1.97. The summed E-state index contributed by atoms with van der Waals surface area (Å²) in [5, 5.41) is 4.84. The van der Waals surface area contributed by atoms with Gasteiger partial charge in [0, 0.05) is 6.20 Å². The van der Waals surface area contributed by atoms with Crippen LogP contribution in [0.2, 0.25) is 0 Å². The number of nitrogen functional groups attached to an aromatic ring is 1. The Balaban J connectivity index is 2.16. The fourth-order valence-electron chi connectivity index (χ4n) is 1.59. The molecule has 3 aromatic rings. The molecule has 96 valence electrons. The van der Waals surface area contributed by atoms with E-state index >= 15 is 0 Å². The van der Waals surface area contributed by atoms with E-state index in [4.69, 9.17) is 5.73 Å². The van der Waals surface area contributed by atoms with Crippen molar-refractivity contribution >= 4 is 23.5 Å². The van der Waals surface area contributed by atoms with Crippen molar-refractivity contribution in [2.75, 3.05) is 12.0 Å². The lowest BCUT2D eigenvalue weighted by molar-refractivity contribution is 0.850. The average Bonchev–Trinajstić information content (AvgIpc) is 2.84. The minimum Gasteiger partial charge on any atom is -0.368 e. The molecule has 19 heavy (non-hydrogen) atoms. The third-order valence-electron chi connectivity index (χ3n) is 2.54. The molecule has 0 spiro atoms. The Morgan fingerprint density at radius 1 is 1.21 bits per heavy atom. The molecule has 0 aromatic carbocycles. The Kier molecular flexibility index (Phi) is 2.79. The van der Waals surface area contributed by atoms with Crippen molar-refractivity contribution in [3.63, 3.8) is 0 Å². The number of rotatable bonds is 2. The summed E-state index contributed by atoms with van der Waals surface area (Å²) < 4.78 is 1.41. The van der Waals surface area contributed by atoms with E-state index in [1.54, 1.807) is 6.20 Å². The molecule has 2 N–H and O–H groups in total. The Morgan fingerprint density at radius 2 is 2.05 bits per heavy atom. The number of anilines is 1. The first-order valence-electron chi connectivity index (χ1n) is 5.54. The smallest absolute Gasteiger partial charge is 0.258 e. The van der Waals surface area contributed by atoms with Gasteiger partial charge in [0.1, 0.15) is 5.69 Å². The fraction of sp³-hybridized carbons (Fsp3) is 0.182. The highest BCUT2D eigenvalue weighted by Gasteiger charge is 2.12. The van der Waals surface area contributed by atoms with Gasteiger partial charge in [-0.15, -0.1) is 5.10 Å². The molecule has 0 saturated carbocycles. The maximum Gasteiger partial charge on any atom is 0.258 e. The summed E-state index contributed by atoms with van der Waals surface area (Å²) in [6.07, 6.45) is 3.65. The lowest BCUT2D eigenvalue weighted by atomic mass is 10.3. The molecule has 3 aromatic heterocycles. The summed E-state index contributed by atoms with van der Waals surface area (Å²) >= 11 is 1.41. The molecule has 0 atom stereocenters. The molecular formula is C11H11N7S. The number of hydrogen-bond acceptors (Lipinski definition) is 7. The topological polar surface area (TPSA) is 94.9 Å². The molecule has 0 amide bonds. The molecule has 0 aliphatic rings. The van der Waals surface area contributed by atoms with E-state index in [1.807, 2.05) is 25.3 Å². The quantitative estimate of drug-likeness (QED) is 0.701. The number of nitrogens with zero attached hydrogens (tertiary/aromatic N) is 6. The van der Waals surface area contributed by atoms with Crippen molar-refractivity contribution in [3.05, 3.63) is 23.9 Å². The van der Waals surface area contributed by atoms with Gasteiger partial charge in [0.05, 0.1) is 0 Å². The van der Waals surface area contributed by atoms with E-state index in [-0.39, 0.29) is 5.95 Å². The predicted octanol–water partition coefficient (Wildman–Crippen LogP) is 1.19. The number of fused-ring (bicyclic) bond motifs is 1. The third kappa shape index (κ3) is 2.10. The van der Waals surface area contributed by atoms with Crippen molar-refractivity contribution in [1.29, 1.82) is 0 Å². The van der Waals surface area contributed by atoms with Gasteiger partial charge in [-0.05, 0) is 24.8 Å². The lowest BCUT2D eigenvalue weighted by Gasteiger charge is -1.97. The van der Waals surface area contributed by atoms with Crippen LogP contribution in [0.5, 0.6) is 0 Å². The minimum absolute atomic E-state index is 0.264. The van der Waals surface area contributed by atoms with Gasteiger partial charge in [-0.25, -0.2) is 0 Å². The van der Waals surface area contributed by atoms with Crippen molar-refractivity contribution in [2.24, 2.45) is 0 Å². The molecule has 0 bridgehead atoms. The van der Waals surface area contributed by atoms with Crippen LogP contribution in [0.15, 0.2) is 23.5 Å². The molecule has 8 heteroatoms. The zero-order valence-corrected chi connectivity index (χ0v) is 11.2. The maximum atomic E-state index is 5.82. The second-order valence-electron chi connectivity index (χ2n) is 3.94. The molecule has 7 nitrogen and oxygen atoms in total. The van der Waals surface area contributed by atoms with Crippen LogP contribution in [0.3, 0.4) is 0 Å². The van der Waals surface area contributed by atoms with E-state index in [2.05, 4.69) is 25.0 Å². The normalized spacial score (nSPS) is 11.1. The fourth-order valence-corrected chi connectivity index (χ4v) is 1.94. The van der Waals surface area contributed by atoms with E-state index in [0.29, 0.717) is 22.5 Å². The lowest BCUT2D eigenvalue weighted by Crippen LogP contribution is -2.04. The second kappa shape index (κ2) is 4.47. The van der Waals surface area contributed by atoms with Crippen molar-refractivity contribution in [1.82, 2.24) is 29.5 Å². The SMILES string of the molecule is CSc1nc(N)n2nc(-c3ccc(C)cn3)nc2n1. The Bertz CT molecular complexity index is 735. The van der Waals surface area contributed by atoms with Gasteiger partial charge in [-0.3, -0.25) is 4.98 Å². The van der Waals surface area contributed by atoms with Crippen molar-refractivity contribution < 1.29 is 0 Å². The van der Waals surface area contributed by atoms with Gasteiger partial charge in [0.15, 0.2) is 5.16 Å². The Morgan fingerprint density at radius 3 is 2.74 bits per heavy atom. The third-order valence-corrected chi connectivity index (χ3v) is 3.08. The molecule has 3 rings (SSSR count). The number of pyridine rings is 1. The van der Waals surface area contributed by atoms with Crippen LogP contribution in [0.25, 0.3) is 17.3 Å². The highest BCUT2D eigenvalue weighted by molar-refractivity contribution is 7.98. The number of hydrogen-bond donors (Lipinski definition) is 1. The molecule has 0 radical (unpaired) electrons. The second-order valence-corrected chi connectivity index (χ2v) is 4.71. The predicted molar refractivity (Wildman–Crippen MR) is 72.7 cm³/mol. The monoisotopic (exact) mass is 273 g/mol. The number of thioether (sulfide) groups is 1. The highest BCUT2D eigenvalue weighted by atomic mass is 32.2. The average molecular weight is 273 g/mol. The summed E-state index contributed by atoms with van der Waals surface area (Å²) in [7, 11) is 0. The molecule has 0 aliphatic carbocycles. The Labute approximate surface area is 113 Å². The first-order valence-corrected chi connectivity index (χ1v) is 6.77. The first-order chi connectivity index (χ1) is 9.17. The standard InChI is InChI=1S/C11H11N7S/c1-6-3-4-7(13-5-6)8-14-10-16-11(19-2)15-9(12)18(10)17-8/h3-5H,1-2H3,(H2,12,14,15,16,17). The zero-order valence-electron chi connectivity index (χ0n) is 10.4.